The third-order valence-corrected chi connectivity index (χ3v) is 4.34. The summed E-state index contributed by atoms with van der Waals surface area (Å²) in [6, 6.07) is 12.9. The maximum absolute atomic E-state index is 6.18. The van der Waals surface area contributed by atoms with E-state index in [2.05, 4.69) is 17.4 Å². The molecule has 3 heteroatoms. The molecule has 0 bridgehead atoms. The van der Waals surface area contributed by atoms with Crippen LogP contribution >= 0.6 is 11.6 Å². The largest absolute Gasteiger partial charge is 0.457 e. The highest BCUT2D eigenvalue weighted by atomic mass is 35.5. The fourth-order valence-corrected chi connectivity index (χ4v) is 2.44. The molecule has 0 heterocycles. The van der Waals surface area contributed by atoms with E-state index in [0.29, 0.717) is 0 Å². The van der Waals surface area contributed by atoms with Crippen LogP contribution in [0, 0.1) is 13.8 Å². The molecular formula is C18H20ClNO. The summed E-state index contributed by atoms with van der Waals surface area (Å²) in [6.45, 7) is 4.92. The summed E-state index contributed by atoms with van der Waals surface area (Å²) in [6.07, 6.45) is 2.63. The Hall–Kier alpha value is -1.51. The van der Waals surface area contributed by atoms with E-state index in [-0.39, 0.29) is 0 Å². The second-order valence-electron chi connectivity index (χ2n) is 5.77. The molecule has 2 nitrogen and oxygen atoms in total. The highest BCUT2D eigenvalue weighted by Gasteiger charge is 2.19. The molecule has 3 rings (SSSR count). The fourth-order valence-electron chi connectivity index (χ4n) is 2.33. The van der Waals surface area contributed by atoms with Gasteiger partial charge in [0.05, 0.1) is 0 Å². The van der Waals surface area contributed by atoms with Crippen LogP contribution in [0.3, 0.4) is 0 Å². The predicted octanol–water partition coefficient (Wildman–Crippen LogP) is 5.00. The number of hydrogen-bond donors (Lipinski definition) is 1. The van der Waals surface area contributed by atoms with E-state index in [1.54, 1.807) is 0 Å². The van der Waals surface area contributed by atoms with Gasteiger partial charge in [-0.2, -0.15) is 0 Å². The Morgan fingerprint density at radius 2 is 1.67 bits per heavy atom. The monoisotopic (exact) mass is 301 g/mol. The van der Waals surface area contributed by atoms with Gasteiger partial charge in [0.2, 0.25) is 0 Å². The first-order chi connectivity index (χ1) is 10.1. The summed E-state index contributed by atoms with van der Waals surface area (Å²) in [5.74, 6) is 1.68. The van der Waals surface area contributed by atoms with Gasteiger partial charge >= 0.3 is 0 Å². The van der Waals surface area contributed by atoms with Crippen LogP contribution in [0.4, 0.5) is 0 Å². The van der Waals surface area contributed by atoms with Gasteiger partial charge in [-0.3, -0.25) is 0 Å². The van der Waals surface area contributed by atoms with E-state index >= 15 is 0 Å². The number of halogens is 1. The number of hydrogen-bond acceptors (Lipinski definition) is 2. The van der Waals surface area contributed by atoms with Crippen molar-refractivity contribution in [1.82, 2.24) is 5.32 Å². The number of aryl methyl sites for hydroxylation is 2. The molecule has 0 amide bonds. The van der Waals surface area contributed by atoms with Crippen molar-refractivity contribution in [2.24, 2.45) is 0 Å². The van der Waals surface area contributed by atoms with Gasteiger partial charge in [-0.1, -0.05) is 23.7 Å². The molecule has 0 spiro atoms. The predicted molar refractivity (Wildman–Crippen MR) is 87.3 cm³/mol. The molecule has 1 aliphatic carbocycles. The Morgan fingerprint density at radius 1 is 1.05 bits per heavy atom. The van der Waals surface area contributed by atoms with Crippen molar-refractivity contribution in [2.45, 2.75) is 39.3 Å². The van der Waals surface area contributed by atoms with Crippen molar-refractivity contribution in [3.63, 3.8) is 0 Å². The lowest BCUT2D eigenvalue weighted by molar-refractivity contribution is 0.481. The average Bonchev–Trinajstić information content (AvgIpc) is 3.28. The second-order valence-corrected chi connectivity index (χ2v) is 6.15. The van der Waals surface area contributed by atoms with Gasteiger partial charge in [0.25, 0.3) is 0 Å². The van der Waals surface area contributed by atoms with E-state index in [0.717, 1.165) is 40.2 Å². The number of ether oxygens (including phenoxy) is 1. The molecule has 0 aromatic heterocycles. The summed E-state index contributed by atoms with van der Waals surface area (Å²) in [5, 5.41) is 4.32. The van der Waals surface area contributed by atoms with Crippen molar-refractivity contribution < 1.29 is 4.74 Å². The molecule has 0 atom stereocenters. The number of nitrogens with one attached hydrogen (secondary N) is 1. The molecule has 0 aliphatic heterocycles. The molecular weight excluding hydrogens is 282 g/mol. The van der Waals surface area contributed by atoms with Gasteiger partial charge in [-0.05, 0) is 67.6 Å². The van der Waals surface area contributed by atoms with Crippen LogP contribution < -0.4 is 10.1 Å². The molecule has 0 saturated heterocycles. The van der Waals surface area contributed by atoms with E-state index in [1.165, 1.54) is 18.4 Å². The molecule has 110 valence electrons. The van der Waals surface area contributed by atoms with Crippen molar-refractivity contribution >= 4 is 11.6 Å². The summed E-state index contributed by atoms with van der Waals surface area (Å²) >= 11 is 6.18. The minimum atomic E-state index is 0.737. The number of benzene rings is 2. The summed E-state index contributed by atoms with van der Waals surface area (Å²) in [5.41, 5.74) is 3.37. The zero-order valence-corrected chi connectivity index (χ0v) is 13.2. The Bertz CT molecular complexity index is 609. The third kappa shape index (κ3) is 3.78. The van der Waals surface area contributed by atoms with Gasteiger partial charge in [0.15, 0.2) is 0 Å². The molecule has 1 aliphatic rings. The molecule has 1 saturated carbocycles. The highest BCUT2D eigenvalue weighted by Crippen LogP contribution is 2.29. The minimum Gasteiger partial charge on any atom is -0.457 e. The summed E-state index contributed by atoms with van der Waals surface area (Å²) in [4.78, 5) is 0. The lowest BCUT2D eigenvalue weighted by atomic mass is 10.1. The molecule has 2 aromatic carbocycles. The molecule has 1 N–H and O–H groups in total. The van der Waals surface area contributed by atoms with Gasteiger partial charge in [0.1, 0.15) is 11.5 Å². The quantitative estimate of drug-likeness (QED) is 0.839. The van der Waals surface area contributed by atoms with E-state index in [9.17, 15) is 0 Å². The Kier molecular flexibility index (Phi) is 4.18. The first-order valence-corrected chi connectivity index (χ1v) is 7.76. The van der Waals surface area contributed by atoms with Gasteiger partial charge in [-0.15, -0.1) is 0 Å². The smallest absolute Gasteiger partial charge is 0.128 e. The minimum absolute atomic E-state index is 0.737. The molecule has 21 heavy (non-hydrogen) atoms. The maximum Gasteiger partial charge on any atom is 0.128 e. The maximum atomic E-state index is 6.18. The standard InChI is InChI=1S/C18H20ClNO/c1-12-9-17(10-13(2)18(12)19)21-16-7-3-14(4-8-16)11-20-15-5-6-15/h3-4,7-10,15,20H,5-6,11H2,1-2H3. The lowest BCUT2D eigenvalue weighted by Gasteiger charge is -2.10. The van der Waals surface area contributed by atoms with Crippen LogP contribution in [0.25, 0.3) is 0 Å². The second kappa shape index (κ2) is 6.08. The van der Waals surface area contributed by atoms with Gasteiger partial charge in [-0.25, -0.2) is 0 Å². The first kappa shape index (κ1) is 14.4. The van der Waals surface area contributed by atoms with Crippen molar-refractivity contribution in [2.75, 3.05) is 0 Å². The third-order valence-electron chi connectivity index (χ3n) is 3.74. The van der Waals surface area contributed by atoms with Gasteiger partial charge in [0, 0.05) is 17.6 Å². The highest BCUT2D eigenvalue weighted by molar-refractivity contribution is 6.32. The molecule has 0 radical (unpaired) electrons. The van der Waals surface area contributed by atoms with Crippen LogP contribution in [0.1, 0.15) is 29.5 Å². The molecule has 2 aromatic rings. The zero-order chi connectivity index (χ0) is 14.8. The molecule has 0 unspecified atom stereocenters. The van der Waals surface area contributed by atoms with Gasteiger partial charge < -0.3 is 10.1 Å². The fraction of sp³-hybridized carbons (Fsp3) is 0.333. The van der Waals surface area contributed by atoms with E-state index < -0.39 is 0 Å². The van der Waals surface area contributed by atoms with E-state index in [1.807, 2.05) is 38.1 Å². The lowest BCUT2D eigenvalue weighted by Crippen LogP contribution is -2.14. The van der Waals surface area contributed by atoms with E-state index in [4.69, 9.17) is 16.3 Å². The molecule has 1 fully saturated rings. The topological polar surface area (TPSA) is 21.3 Å². The Morgan fingerprint density at radius 3 is 2.24 bits per heavy atom. The SMILES string of the molecule is Cc1cc(Oc2ccc(CNC3CC3)cc2)cc(C)c1Cl. The Labute approximate surface area is 131 Å². The van der Waals surface area contributed by atoms with Crippen LogP contribution in [-0.4, -0.2) is 6.04 Å². The summed E-state index contributed by atoms with van der Waals surface area (Å²) in [7, 11) is 0. The van der Waals surface area contributed by atoms with Crippen LogP contribution in [0.2, 0.25) is 5.02 Å². The van der Waals surface area contributed by atoms with Crippen LogP contribution in [0.5, 0.6) is 11.5 Å². The Balaban J connectivity index is 1.66. The zero-order valence-electron chi connectivity index (χ0n) is 12.4. The van der Waals surface area contributed by atoms with Crippen molar-refractivity contribution in [3.8, 4) is 11.5 Å². The normalized spacial score (nSPS) is 14.2. The van der Waals surface area contributed by atoms with Crippen LogP contribution in [0.15, 0.2) is 36.4 Å². The summed E-state index contributed by atoms with van der Waals surface area (Å²) < 4.78 is 5.91. The number of rotatable bonds is 5. The average molecular weight is 302 g/mol. The van der Waals surface area contributed by atoms with Crippen molar-refractivity contribution in [1.29, 1.82) is 0 Å². The first-order valence-electron chi connectivity index (χ1n) is 7.39. The van der Waals surface area contributed by atoms with Crippen LogP contribution in [-0.2, 0) is 6.54 Å². The van der Waals surface area contributed by atoms with Crippen molar-refractivity contribution in [3.05, 3.63) is 58.1 Å².